The smallest absolute Gasteiger partial charge is 0.426 e. The van der Waals surface area contributed by atoms with Crippen LogP contribution >= 0.6 is 0 Å². The number of para-hydroxylation sites is 1. The predicted molar refractivity (Wildman–Crippen MR) is 85.3 cm³/mol. The summed E-state index contributed by atoms with van der Waals surface area (Å²) in [4.78, 5) is 0. The summed E-state index contributed by atoms with van der Waals surface area (Å²) in [6.07, 6.45) is -3.53. The van der Waals surface area contributed by atoms with Gasteiger partial charge >= 0.3 is 6.36 Å². The molecule has 0 saturated heterocycles. The maximum absolute atomic E-state index is 12.5. The lowest BCUT2D eigenvalue weighted by Crippen LogP contribution is -2.17. The molecule has 0 aliphatic carbocycles. The van der Waals surface area contributed by atoms with Crippen LogP contribution in [-0.2, 0) is 6.54 Å². The van der Waals surface area contributed by atoms with Crippen molar-refractivity contribution in [1.82, 2.24) is 20.0 Å². The van der Waals surface area contributed by atoms with Gasteiger partial charge in [0.05, 0.1) is 5.52 Å². The molecule has 2 aromatic carbocycles. The Morgan fingerprint density at radius 3 is 2.69 bits per heavy atom. The summed E-state index contributed by atoms with van der Waals surface area (Å²) in [5, 5.41) is 12.8. The lowest BCUT2D eigenvalue weighted by Gasteiger charge is -2.09. The SMILES string of the molecule is FC(F)(F)Oc1cccc(-c2nn(Cc3nnco3)c3ccccc23)c1. The van der Waals surface area contributed by atoms with Crippen LogP contribution in [0.4, 0.5) is 13.2 Å². The molecule has 9 heteroatoms. The second kappa shape index (κ2) is 6.17. The summed E-state index contributed by atoms with van der Waals surface area (Å²) in [5.74, 6) is 0.0736. The molecule has 0 atom stereocenters. The molecule has 0 fully saturated rings. The fraction of sp³-hybridized carbons (Fsp3) is 0.118. The third kappa shape index (κ3) is 3.23. The molecule has 0 N–H and O–H groups in total. The molecule has 2 aromatic heterocycles. The van der Waals surface area contributed by atoms with Crippen molar-refractivity contribution in [2.75, 3.05) is 0 Å². The van der Waals surface area contributed by atoms with Crippen molar-refractivity contribution in [2.45, 2.75) is 12.9 Å². The predicted octanol–water partition coefficient (Wildman–Crippen LogP) is 4.03. The molecular weight excluding hydrogens is 349 g/mol. The average Bonchev–Trinajstić information content (AvgIpc) is 3.22. The van der Waals surface area contributed by atoms with E-state index in [4.69, 9.17) is 4.42 Å². The first kappa shape index (κ1) is 16.1. The van der Waals surface area contributed by atoms with E-state index in [0.717, 1.165) is 10.9 Å². The molecule has 0 saturated carbocycles. The van der Waals surface area contributed by atoms with Crippen LogP contribution in [-0.4, -0.2) is 26.3 Å². The van der Waals surface area contributed by atoms with Gasteiger partial charge in [0, 0.05) is 10.9 Å². The van der Waals surface area contributed by atoms with Gasteiger partial charge in [-0.1, -0.05) is 30.3 Å². The van der Waals surface area contributed by atoms with Gasteiger partial charge in [0.15, 0.2) is 0 Å². The molecule has 0 aliphatic rings. The highest BCUT2D eigenvalue weighted by Crippen LogP contribution is 2.32. The number of ether oxygens (including phenoxy) is 1. The van der Waals surface area contributed by atoms with Crippen molar-refractivity contribution in [3.8, 4) is 17.0 Å². The Bertz CT molecular complexity index is 1040. The van der Waals surface area contributed by atoms with Gasteiger partial charge in [0.25, 0.3) is 0 Å². The number of rotatable bonds is 4. The first-order valence-electron chi connectivity index (χ1n) is 7.56. The summed E-state index contributed by atoms with van der Waals surface area (Å²) in [7, 11) is 0. The molecule has 2 heterocycles. The second-order valence-electron chi connectivity index (χ2n) is 5.43. The summed E-state index contributed by atoms with van der Waals surface area (Å²) >= 11 is 0. The van der Waals surface area contributed by atoms with E-state index in [1.54, 1.807) is 10.7 Å². The highest BCUT2D eigenvalue weighted by atomic mass is 19.4. The summed E-state index contributed by atoms with van der Waals surface area (Å²) in [5.41, 5.74) is 1.84. The zero-order chi connectivity index (χ0) is 18.1. The van der Waals surface area contributed by atoms with Crippen molar-refractivity contribution in [2.24, 2.45) is 0 Å². The van der Waals surface area contributed by atoms with Crippen molar-refractivity contribution in [3.63, 3.8) is 0 Å². The number of fused-ring (bicyclic) bond motifs is 1. The topological polar surface area (TPSA) is 66.0 Å². The molecule has 0 radical (unpaired) electrons. The van der Waals surface area contributed by atoms with Gasteiger partial charge < -0.3 is 9.15 Å². The van der Waals surface area contributed by atoms with Crippen molar-refractivity contribution < 1.29 is 22.3 Å². The zero-order valence-electron chi connectivity index (χ0n) is 13.1. The molecule has 4 aromatic rings. The van der Waals surface area contributed by atoms with Crippen molar-refractivity contribution >= 4 is 10.9 Å². The molecule has 0 unspecified atom stereocenters. The molecule has 6 nitrogen and oxygen atoms in total. The first-order chi connectivity index (χ1) is 12.5. The number of alkyl halides is 3. The third-order valence-corrected chi connectivity index (χ3v) is 3.69. The van der Waals surface area contributed by atoms with E-state index in [1.807, 2.05) is 24.3 Å². The molecule has 4 rings (SSSR count). The van der Waals surface area contributed by atoms with Crippen LogP contribution < -0.4 is 4.74 Å². The lowest BCUT2D eigenvalue weighted by atomic mass is 10.1. The van der Waals surface area contributed by atoms with Gasteiger partial charge in [-0.3, -0.25) is 4.68 Å². The van der Waals surface area contributed by atoms with Gasteiger partial charge in [-0.15, -0.1) is 23.4 Å². The van der Waals surface area contributed by atoms with Crippen LogP contribution in [0.25, 0.3) is 22.2 Å². The molecule has 0 spiro atoms. The average molecular weight is 360 g/mol. The van der Waals surface area contributed by atoms with Crippen molar-refractivity contribution in [3.05, 3.63) is 60.8 Å². The van der Waals surface area contributed by atoms with Crippen LogP contribution in [0.5, 0.6) is 5.75 Å². The minimum absolute atomic E-state index is 0.249. The number of hydrogen-bond acceptors (Lipinski definition) is 5. The Morgan fingerprint density at radius 2 is 1.92 bits per heavy atom. The van der Waals surface area contributed by atoms with Crippen LogP contribution in [0.3, 0.4) is 0 Å². The minimum Gasteiger partial charge on any atom is -0.426 e. The monoisotopic (exact) mass is 360 g/mol. The highest BCUT2D eigenvalue weighted by Gasteiger charge is 2.31. The van der Waals surface area contributed by atoms with Gasteiger partial charge in [0.2, 0.25) is 12.3 Å². The van der Waals surface area contributed by atoms with Gasteiger partial charge in [-0.25, -0.2) is 0 Å². The Hall–Kier alpha value is -3.36. The standard InChI is InChI=1S/C17H11F3N4O2/c18-17(19,20)26-12-5-3-4-11(8-12)16-13-6-1-2-7-14(13)24(23-16)9-15-22-21-10-25-15/h1-8,10H,9H2. The van der Waals surface area contributed by atoms with Crippen LogP contribution in [0, 0.1) is 0 Å². The largest absolute Gasteiger partial charge is 0.573 e. The van der Waals surface area contributed by atoms with E-state index >= 15 is 0 Å². The molecule has 0 amide bonds. The maximum atomic E-state index is 12.5. The fourth-order valence-electron chi connectivity index (χ4n) is 2.69. The molecule has 0 bridgehead atoms. The van der Waals surface area contributed by atoms with E-state index < -0.39 is 6.36 Å². The van der Waals surface area contributed by atoms with Crippen LogP contribution in [0.2, 0.25) is 0 Å². The van der Waals surface area contributed by atoms with Crippen molar-refractivity contribution in [1.29, 1.82) is 0 Å². The van der Waals surface area contributed by atoms with E-state index in [9.17, 15) is 13.2 Å². The number of halogens is 3. The summed E-state index contributed by atoms with van der Waals surface area (Å²) in [6, 6.07) is 13.1. The Balaban J connectivity index is 1.78. The third-order valence-electron chi connectivity index (χ3n) is 3.69. The van der Waals surface area contributed by atoms with E-state index in [1.165, 1.54) is 24.6 Å². The Morgan fingerprint density at radius 1 is 1.08 bits per heavy atom. The fourth-order valence-corrected chi connectivity index (χ4v) is 2.69. The highest BCUT2D eigenvalue weighted by molar-refractivity contribution is 5.93. The van der Waals surface area contributed by atoms with Gasteiger partial charge in [0.1, 0.15) is 18.0 Å². The number of nitrogens with zero attached hydrogens (tertiary/aromatic N) is 4. The first-order valence-corrected chi connectivity index (χ1v) is 7.56. The quantitative estimate of drug-likeness (QED) is 0.550. The maximum Gasteiger partial charge on any atom is 0.573 e. The van der Waals surface area contributed by atoms with Crippen LogP contribution in [0.15, 0.2) is 59.3 Å². The summed E-state index contributed by atoms with van der Waals surface area (Å²) < 4.78 is 48.2. The van der Waals surface area contributed by atoms with E-state index in [2.05, 4.69) is 20.0 Å². The lowest BCUT2D eigenvalue weighted by molar-refractivity contribution is -0.274. The minimum atomic E-state index is -4.75. The number of aromatic nitrogens is 4. The Kier molecular flexibility index (Phi) is 3.83. The summed E-state index contributed by atoms with van der Waals surface area (Å²) in [6.45, 7) is 0.249. The van der Waals surface area contributed by atoms with E-state index in [0.29, 0.717) is 17.1 Å². The molecule has 0 aliphatic heterocycles. The number of hydrogen-bond donors (Lipinski definition) is 0. The second-order valence-corrected chi connectivity index (χ2v) is 5.43. The number of benzene rings is 2. The Labute approximate surface area is 144 Å². The van der Waals surface area contributed by atoms with Gasteiger partial charge in [-0.05, 0) is 18.2 Å². The van der Waals surface area contributed by atoms with Gasteiger partial charge in [-0.2, -0.15) is 5.10 Å². The molecule has 132 valence electrons. The molecular formula is C17H11F3N4O2. The zero-order valence-corrected chi connectivity index (χ0v) is 13.1. The normalized spacial score (nSPS) is 11.8. The van der Waals surface area contributed by atoms with Crippen LogP contribution in [0.1, 0.15) is 5.89 Å². The molecule has 26 heavy (non-hydrogen) atoms. The van der Waals surface area contributed by atoms with E-state index in [-0.39, 0.29) is 12.3 Å².